The number of carbonyl (C=O) groups excluding carboxylic acids is 7. The van der Waals surface area contributed by atoms with E-state index in [2.05, 4.69) is 31.9 Å². The van der Waals surface area contributed by atoms with E-state index in [9.17, 15) is 43.5 Å². The first kappa shape index (κ1) is 43.5. The van der Waals surface area contributed by atoms with Gasteiger partial charge in [-0.2, -0.15) is 0 Å². The van der Waals surface area contributed by atoms with E-state index in [1.165, 1.54) is 0 Å². The summed E-state index contributed by atoms with van der Waals surface area (Å²) in [6.45, 7) is 1.84. The number of rotatable bonds is 22. The number of aliphatic hydroxyl groups is 2. The van der Waals surface area contributed by atoms with Gasteiger partial charge < -0.3 is 58.7 Å². The van der Waals surface area contributed by atoms with E-state index in [-0.39, 0.29) is 19.6 Å². The minimum absolute atomic E-state index is 0.136. The Morgan fingerprint density at radius 2 is 1.32 bits per heavy atom. The molecule has 0 saturated carbocycles. The molecule has 19 heteroatoms. The number of benzene rings is 2. The van der Waals surface area contributed by atoms with Crippen molar-refractivity contribution >= 4 is 58.1 Å². The van der Waals surface area contributed by atoms with Crippen LogP contribution in [0.15, 0.2) is 42.5 Å². The van der Waals surface area contributed by atoms with Gasteiger partial charge in [0, 0.05) is 19.6 Å². The molecular formula is C34H48N8O11. The molecule has 19 nitrogen and oxygen atoms in total. The number of nitrogens with two attached hydrogens (primary N) is 2. The third kappa shape index (κ3) is 14.8. The van der Waals surface area contributed by atoms with Crippen molar-refractivity contribution in [1.82, 2.24) is 31.9 Å². The van der Waals surface area contributed by atoms with Crippen LogP contribution in [0.5, 0.6) is 0 Å². The number of nitrogens with one attached hydrogen (secondary N) is 6. The van der Waals surface area contributed by atoms with E-state index >= 15 is 0 Å². The first-order chi connectivity index (χ1) is 25.1. The van der Waals surface area contributed by atoms with Crippen LogP contribution in [0.25, 0.3) is 10.8 Å². The maximum Gasteiger partial charge on any atom is 0.305 e. The number of aliphatic hydroxyl groups excluding tert-OH is 2. The molecule has 53 heavy (non-hydrogen) atoms. The Hall–Kier alpha value is -5.66. The summed E-state index contributed by atoms with van der Waals surface area (Å²) in [5.41, 5.74) is 11.6. The highest BCUT2D eigenvalue weighted by Crippen LogP contribution is 2.17. The van der Waals surface area contributed by atoms with Crippen molar-refractivity contribution in [2.24, 2.45) is 17.4 Å². The van der Waals surface area contributed by atoms with Crippen LogP contribution < -0.4 is 43.4 Å². The maximum atomic E-state index is 13.6. The fourth-order valence-corrected chi connectivity index (χ4v) is 4.96. The van der Waals surface area contributed by atoms with Crippen LogP contribution in [0.4, 0.5) is 0 Å². The summed E-state index contributed by atoms with van der Waals surface area (Å²) in [6, 6.07) is 4.98. The fraction of sp³-hybridized carbons (Fsp3) is 0.471. The van der Waals surface area contributed by atoms with E-state index < -0.39 is 109 Å². The lowest BCUT2D eigenvalue weighted by Gasteiger charge is -2.26. The van der Waals surface area contributed by atoms with E-state index in [0.29, 0.717) is 12.0 Å². The summed E-state index contributed by atoms with van der Waals surface area (Å²) < 4.78 is 0. The van der Waals surface area contributed by atoms with Gasteiger partial charge in [0.15, 0.2) is 0 Å². The zero-order valence-corrected chi connectivity index (χ0v) is 29.4. The van der Waals surface area contributed by atoms with Crippen LogP contribution in [0.1, 0.15) is 38.7 Å². The molecule has 13 N–H and O–H groups in total. The number of fused-ring (bicyclic) bond motifs is 1. The number of carbonyl (C=O) groups is 8. The second-order valence-corrected chi connectivity index (χ2v) is 12.5. The highest BCUT2D eigenvalue weighted by atomic mass is 16.4. The van der Waals surface area contributed by atoms with E-state index in [0.717, 1.165) is 10.8 Å². The molecule has 0 bridgehead atoms. The lowest BCUT2D eigenvalue weighted by molar-refractivity contribution is -0.140. The van der Waals surface area contributed by atoms with Crippen LogP contribution in [0, 0.1) is 5.92 Å². The predicted octanol–water partition coefficient (Wildman–Crippen LogP) is -3.74. The van der Waals surface area contributed by atoms with Crippen LogP contribution >= 0.6 is 0 Å². The van der Waals surface area contributed by atoms with Gasteiger partial charge in [-0.1, -0.05) is 56.3 Å². The van der Waals surface area contributed by atoms with Gasteiger partial charge >= 0.3 is 5.97 Å². The number of amides is 7. The monoisotopic (exact) mass is 744 g/mol. The number of carboxylic acid groups (broad SMARTS) is 1. The van der Waals surface area contributed by atoms with Crippen molar-refractivity contribution in [3.63, 3.8) is 0 Å². The van der Waals surface area contributed by atoms with Gasteiger partial charge in [-0.15, -0.1) is 0 Å². The average Bonchev–Trinajstić information content (AvgIpc) is 3.10. The van der Waals surface area contributed by atoms with Crippen LogP contribution in [-0.4, -0.2) is 119 Å². The summed E-state index contributed by atoms with van der Waals surface area (Å²) in [5.74, 6) is -8.31. The predicted molar refractivity (Wildman–Crippen MR) is 189 cm³/mol. The summed E-state index contributed by atoms with van der Waals surface area (Å²) in [4.78, 5) is 101. The number of hydrogen-bond acceptors (Lipinski definition) is 11. The molecule has 2 aromatic carbocycles. The number of carboxylic acids is 1. The minimum atomic E-state index is -1.72. The molecular weight excluding hydrogens is 696 g/mol. The summed E-state index contributed by atoms with van der Waals surface area (Å²) in [7, 11) is 0. The highest BCUT2D eigenvalue weighted by Gasteiger charge is 2.33. The molecule has 0 aliphatic carbocycles. The van der Waals surface area contributed by atoms with Crippen molar-refractivity contribution in [2.45, 2.75) is 69.7 Å². The third-order valence-corrected chi connectivity index (χ3v) is 7.80. The van der Waals surface area contributed by atoms with Gasteiger partial charge in [-0.3, -0.25) is 38.4 Å². The normalized spacial score (nSPS) is 13.8. The van der Waals surface area contributed by atoms with Crippen LogP contribution in [-0.2, 0) is 44.8 Å². The molecule has 2 aromatic rings. The average molecular weight is 745 g/mol. The lowest BCUT2D eigenvalue weighted by atomic mass is 10.00. The number of aliphatic carboxylic acids is 1. The molecule has 0 heterocycles. The Kier molecular flexibility index (Phi) is 17.8. The molecule has 0 unspecified atom stereocenters. The molecule has 0 spiro atoms. The smallest absolute Gasteiger partial charge is 0.305 e. The molecule has 0 radical (unpaired) electrons. The molecule has 5 atom stereocenters. The second-order valence-electron chi connectivity index (χ2n) is 12.5. The quantitative estimate of drug-likeness (QED) is 0.0519. The van der Waals surface area contributed by atoms with Gasteiger partial charge in [0.05, 0.1) is 32.0 Å². The van der Waals surface area contributed by atoms with Crippen molar-refractivity contribution < 1.29 is 53.7 Å². The van der Waals surface area contributed by atoms with Gasteiger partial charge in [0.25, 0.3) is 0 Å². The molecule has 2 rings (SSSR count). The van der Waals surface area contributed by atoms with Crippen molar-refractivity contribution in [3.8, 4) is 0 Å². The zero-order chi connectivity index (χ0) is 39.7. The SMILES string of the molecule is CC(C)[C@H](NC(=O)[C@H](CO)NC(=O)[C@H](CC(N)=O)NC(=O)[C@@H](Cc1ccc2ccccc2c1)NC(=O)[C@@H](N)CC(=O)O)C(=O)NCC(=O)NCCCO. The molecule has 0 saturated heterocycles. The van der Waals surface area contributed by atoms with Gasteiger partial charge in [0.1, 0.15) is 24.2 Å². The summed E-state index contributed by atoms with van der Waals surface area (Å²) in [5, 5.41) is 43.8. The van der Waals surface area contributed by atoms with E-state index in [1.807, 2.05) is 18.2 Å². The van der Waals surface area contributed by atoms with E-state index in [4.69, 9.17) is 21.7 Å². The zero-order valence-electron chi connectivity index (χ0n) is 29.4. The molecule has 7 amide bonds. The van der Waals surface area contributed by atoms with Gasteiger partial charge in [0.2, 0.25) is 41.4 Å². The Morgan fingerprint density at radius 3 is 1.92 bits per heavy atom. The van der Waals surface area contributed by atoms with Crippen molar-refractivity contribution in [1.29, 1.82) is 0 Å². The molecule has 0 aliphatic rings. The van der Waals surface area contributed by atoms with Crippen molar-refractivity contribution in [2.75, 3.05) is 26.3 Å². The van der Waals surface area contributed by atoms with Crippen molar-refractivity contribution in [3.05, 3.63) is 48.0 Å². The standard InChI is InChI=1S/C34H48N8O11/c1-18(2)29(34(53)38-16-27(46)37-10-5-11-43)42-33(52)25(17-44)41-32(51)24(15-26(36)45)40-31(50)23(39-30(49)22(35)14-28(47)48)13-19-8-9-20-6-3-4-7-21(20)12-19/h3-4,6-9,12,18,22-25,29,43-44H,5,10-11,13-17,35H2,1-2H3,(H2,36,45)(H,37,46)(H,38,53)(H,39,49)(H,40,50)(H,41,51)(H,42,52)(H,47,48)/t22-,23+,24-,25-,29-/m0/s1. The summed E-state index contributed by atoms with van der Waals surface area (Å²) >= 11 is 0. The Morgan fingerprint density at radius 1 is 0.717 bits per heavy atom. The summed E-state index contributed by atoms with van der Waals surface area (Å²) in [6.07, 6.45) is -1.36. The van der Waals surface area contributed by atoms with Gasteiger partial charge in [-0.25, -0.2) is 0 Å². The molecule has 0 fully saturated rings. The fourth-order valence-electron chi connectivity index (χ4n) is 4.96. The highest BCUT2D eigenvalue weighted by molar-refractivity contribution is 5.98. The molecule has 0 aromatic heterocycles. The second kappa shape index (κ2) is 21.6. The largest absolute Gasteiger partial charge is 0.481 e. The van der Waals surface area contributed by atoms with E-state index in [1.54, 1.807) is 38.1 Å². The Balaban J connectivity index is 2.23. The third-order valence-electron chi connectivity index (χ3n) is 7.80. The number of primary amides is 1. The molecule has 0 aliphatic heterocycles. The number of hydrogen-bond donors (Lipinski definition) is 11. The minimum Gasteiger partial charge on any atom is -0.481 e. The van der Waals surface area contributed by atoms with Crippen LogP contribution in [0.2, 0.25) is 0 Å². The Labute approximate surface area is 305 Å². The molecule has 290 valence electrons. The van der Waals surface area contributed by atoms with Gasteiger partial charge in [-0.05, 0) is 28.7 Å². The van der Waals surface area contributed by atoms with Crippen LogP contribution in [0.3, 0.4) is 0 Å². The first-order valence-corrected chi connectivity index (χ1v) is 16.8. The topological polar surface area (TPSA) is 321 Å². The maximum absolute atomic E-state index is 13.6. The lowest BCUT2D eigenvalue weighted by Crippen LogP contribution is -2.61. The first-order valence-electron chi connectivity index (χ1n) is 16.8. The Bertz CT molecular complexity index is 1640.